The topological polar surface area (TPSA) is 84.4 Å². The molecular weight excluding hydrogens is 247 g/mol. The predicted octanol–water partition coefficient (Wildman–Crippen LogP) is 0.922. The molecule has 1 N–H and O–H groups in total. The number of piperidine rings is 1. The second-order valence-electron chi connectivity index (χ2n) is 5.19. The molecule has 1 aliphatic rings. The highest BCUT2D eigenvalue weighted by Crippen LogP contribution is 2.22. The lowest BCUT2D eigenvalue weighted by molar-refractivity contribution is -0.392. The quantitative estimate of drug-likeness (QED) is 0.497. The average Bonchev–Trinajstić information content (AvgIpc) is 2.71. The van der Waals surface area contributed by atoms with E-state index in [4.69, 9.17) is 0 Å². The molecule has 8 heteroatoms. The van der Waals surface area contributed by atoms with Crippen LogP contribution in [0.1, 0.15) is 18.5 Å². The maximum atomic E-state index is 10.9. The smallest absolute Gasteiger partial charge is 0.376 e. The summed E-state index contributed by atoms with van der Waals surface area (Å²) in [7, 11) is -0.415. The Morgan fingerprint density at radius 1 is 1.58 bits per heavy atom. The number of nitro groups is 1. The van der Waals surface area contributed by atoms with Crippen molar-refractivity contribution in [1.29, 1.82) is 0 Å². The fraction of sp³-hybridized carbons (Fsp3) is 0.727. The zero-order valence-electron chi connectivity index (χ0n) is 11.3. The van der Waals surface area contributed by atoms with E-state index in [1.54, 1.807) is 13.7 Å². The third-order valence-corrected chi connectivity index (χ3v) is 3.68. The first-order chi connectivity index (χ1) is 8.97. The van der Waals surface area contributed by atoms with Crippen LogP contribution in [0.25, 0.3) is 0 Å². The van der Waals surface area contributed by atoms with E-state index in [0.717, 1.165) is 25.9 Å². The molecule has 0 radical (unpaired) electrons. The minimum atomic E-state index is -0.415. The van der Waals surface area contributed by atoms with Crippen LogP contribution in [-0.2, 0) is 6.54 Å². The van der Waals surface area contributed by atoms with E-state index < -0.39 is 7.05 Å². The normalized spacial score (nSPS) is 17.6. The zero-order chi connectivity index (χ0) is 14.0. The summed E-state index contributed by atoms with van der Waals surface area (Å²) >= 11 is 0. The maximum Gasteiger partial charge on any atom is 0.376 e. The van der Waals surface area contributed by atoms with Gasteiger partial charge in [-0.05, 0) is 44.6 Å². The number of nitrogens with zero attached hydrogens (tertiary/aromatic N) is 4. The van der Waals surface area contributed by atoms with Gasteiger partial charge in [0.2, 0.25) is 0 Å². The Balaban J connectivity index is 1.97. The van der Waals surface area contributed by atoms with Gasteiger partial charge in [-0.3, -0.25) is 0 Å². The Hall–Kier alpha value is -1.41. The Morgan fingerprint density at radius 2 is 2.21 bits per heavy atom. The van der Waals surface area contributed by atoms with Crippen LogP contribution in [0, 0.1) is 23.0 Å². The third kappa shape index (κ3) is 3.33. The van der Waals surface area contributed by atoms with Crippen molar-refractivity contribution >= 4 is 12.9 Å². The molecule has 0 aromatic carbocycles. The molecule has 0 bridgehead atoms. The fourth-order valence-corrected chi connectivity index (χ4v) is 2.57. The summed E-state index contributed by atoms with van der Waals surface area (Å²) in [5, 5.41) is 24.6. The fourth-order valence-electron chi connectivity index (χ4n) is 2.57. The first-order valence-corrected chi connectivity index (χ1v) is 6.58. The van der Waals surface area contributed by atoms with Crippen LogP contribution in [0.15, 0.2) is 6.07 Å². The Kier molecular flexibility index (Phi) is 4.21. The highest BCUT2D eigenvalue weighted by molar-refractivity contribution is 6.45. The summed E-state index contributed by atoms with van der Waals surface area (Å²) in [5.41, 5.74) is 0.674. The second kappa shape index (κ2) is 5.71. The van der Waals surface area contributed by atoms with E-state index in [9.17, 15) is 15.1 Å². The van der Waals surface area contributed by atoms with Crippen LogP contribution in [0.4, 0.5) is 5.82 Å². The summed E-state index contributed by atoms with van der Waals surface area (Å²) < 4.78 is 1.50. The number of hydrogen-bond acceptors (Lipinski definition) is 5. The predicted molar refractivity (Wildman–Crippen MR) is 71.8 cm³/mol. The minimum absolute atomic E-state index is 0.0652. The van der Waals surface area contributed by atoms with Crippen molar-refractivity contribution in [3.8, 4) is 0 Å². The molecule has 1 saturated heterocycles. The van der Waals surface area contributed by atoms with Gasteiger partial charge in [0.05, 0.1) is 11.8 Å². The second-order valence-corrected chi connectivity index (χ2v) is 5.19. The molecule has 1 aromatic rings. The van der Waals surface area contributed by atoms with Crippen molar-refractivity contribution < 1.29 is 9.95 Å². The molecule has 0 unspecified atom stereocenters. The lowest BCUT2D eigenvalue weighted by Crippen LogP contribution is -2.43. The molecule has 1 aliphatic heterocycles. The van der Waals surface area contributed by atoms with Crippen molar-refractivity contribution in [3.63, 3.8) is 0 Å². The molecule has 1 fully saturated rings. The van der Waals surface area contributed by atoms with E-state index in [2.05, 4.69) is 5.10 Å². The van der Waals surface area contributed by atoms with Gasteiger partial charge in [-0.1, -0.05) is 5.10 Å². The molecule has 0 saturated carbocycles. The van der Waals surface area contributed by atoms with Gasteiger partial charge in [0.15, 0.2) is 0 Å². The molecule has 0 aliphatic carbocycles. The van der Waals surface area contributed by atoms with Gasteiger partial charge in [-0.2, -0.15) is 0 Å². The van der Waals surface area contributed by atoms with Crippen LogP contribution in [0.5, 0.6) is 0 Å². The van der Waals surface area contributed by atoms with Gasteiger partial charge < -0.3 is 19.9 Å². The molecule has 2 rings (SSSR count). The Labute approximate surface area is 112 Å². The largest absolute Gasteiger partial charge is 0.437 e. The van der Waals surface area contributed by atoms with E-state index in [1.165, 1.54) is 10.7 Å². The van der Waals surface area contributed by atoms with Crippen LogP contribution in [0.2, 0.25) is 6.82 Å². The summed E-state index contributed by atoms with van der Waals surface area (Å²) in [4.78, 5) is 12.6. The standard InChI is InChI=1S/C11H19BN4O3/c1-9-7-11(16(18)19)15(13-9)8-10-3-5-14(6-4-10)12(2)17/h7,10,17H,3-6,8H2,1-2H3. The van der Waals surface area contributed by atoms with Gasteiger partial charge in [0, 0.05) is 5.92 Å². The van der Waals surface area contributed by atoms with Crippen molar-refractivity contribution in [2.75, 3.05) is 13.1 Å². The van der Waals surface area contributed by atoms with Crippen molar-refractivity contribution in [1.82, 2.24) is 14.6 Å². The van der Waals surface area contributed by atoms with Crippen molar-refractivity contribution in [2.45, 2.75) is 33.1 Å². The molecule has 0 spiro atoms. The van der Waals surface area contributed by atoms with E-state index in [-0.39, 0.29) is 10.7 Å². The van der Waals surface area contributed by atoms with E-state index >= 15 is 0 Å². The van der Waals surface area contributed by atoms with Crippen LogP contribution in [-0.4, -0.2) is 44.7 Å². The zero-order valence-corrected chi connectivity index (χ0v) is 11.3. The van der Waals surface area contributed by atoms with Crippen molar-refractivity contribution in [3.05, 3.63) is 21.9 Å². The lowest BCUT2D eigenvalue weighted by Gasteiger charge is -2.31. The summed E-state index contributed by atoms with van der Waals surface area (Å²) in [5.74, 6) is 0.448. The molecule has 19 heavy (non-hydrogen) atoms. The number of aryl methyl sites for hydroxylation is 1. The molecule has 0 atom stereocenters. The molecule has 104 valence electrons. The lowest BCUT2D eigenvalue weighted by atomic mass is 9.81. The van der Waals surface area contributed by atoms with Crippen molar-refractivity contribution in [2.24, 2.45) is 5.92 Å². The molecule has 2 heterocycles. The summed E-state index contributed by atoms with van der Waals surface area (Å²) in [6.45, 7) is 5.77. The van der Waals surface area contributed by atoms with E-state index in [0.29, 0.717) is 18.2 Å². The van der Waals surface area contributed by atoms with Gasteiger partial charge in [-0.25, -0.2) is 0 Å². The molecular formula is C11H19BN4O3. The first kappa shape index (κ1) is 14.0. The highest BCUT2D eigenvalue weighted by Gasteiger charge is 2.27. The summed E-state index contributed by atoms with van der Waals surface area (Å²) in [6.07, 6.45) is 1.86. The minimum Gasteiger partial charge on any atom is -0.437 e. The highest BCUT2D eigenvalue weighted by atomic mass is 16.6. The van der Waals surface area contributed by atoms with Gasteiger partial charge in [0.1, 0.15) is 6.54 Å². The number of rotatable bonds is 4. The Bertz CT molecular complexity index is 455. The first-order valence-electron chi connectivity index (χ1n) is 6.58. The van der Waals surface area contributed by atoms with Gasteiger partial charge in [0.25, 0.3) is 0 Å². The SMILES string of the molecule is CB(O)N1CCC(Cn2nc(C)cc2[N+](=O)[O-])CC1. The van der Waals surface area contributed by atoms with Crippen LogP contribution >= 0.6 is 0 Å². The van der Waals surface area contributed by atoms with Crippen LogP contribution in [0.3, 0.4) is 0 Å². The van der Waals surface area contributed by atoms with Gasteiger partial charge >= 0.3 is 12.9 Å². The number of hydrogen-bond donors (Lipinski definition) is 1. The van der Waals surface area contributed by atoms with Crippen LogP contribution < -0.4 is 0 Å². The van der Waals surface area contributed by atoms with Gasteiger partial charge in [-0.15, -0.1) is 4.68 Å². The molecule has 0 amide bonds. The Morgan fingerprint density at radius 3 is 2.74 bits per heavy atom. The number of aromatic nitrogens is 2. The molecule has 7 nitrogen and oxygen atoms in total. The third-order valence-electron chi connectivity index (χ3n) is 3.68. The average molecular weight is 266 g/mol. The molecule has 1 aromatic heterocycles. The summed E-state index contributed by atoms with van der Waals surface area (Å²) in [6, 6.07) is 1.50. The van der Waals surface area contributed by atoms with E-state index in [1.807, 2.05) is 4.81 Å². The maximum absolute atomic E-state index is 10.9. The monoisotopic (exact) mass is 266 g/mol.